The first kappa shape index (κ1) is 22.3. The molecule has 2 aromatic carbocycles. The first-order chi connectivity index (χ1) is 13.2. The van der Waals surface area contributed by atoms with Crippen LogP contribution in [0, 0.1) is 5.82 Å². The van der Waals surface area contributed by atoms with Crippen LogP contribution in [-0.4, -0.2) is 27.0 Å². The van der Waals surface area contributed by atoms with E-state index in [4.69, 9.17) is 4.74 Å². The van der Waals surface area contributed by atoms with Gasteiger partial charge in [0.15, 0.2) is 18.2 Å². The van der Waals surface area contributed by atoms with Crippen molar-refractivity contribution in [3.05, 3.63) is 63.9 Å². The maximum Gasteiger partial charge on any atom is 0.258 e. The molecule has 0 heterocycles. The Labute approximate surface area is 172 Å². The van der Waals surface area contributed by atoms with Crippen molar-refractivity contribution in [3.63, 3.8) is 0 Å². The quantitative estimate of drug-likeness (QED) is 0.587. The summed E-state index contributed by atoms with van der Waals surface area (Å²) in [5.41, 5.74) is 1.27. The lowest BCUT2D eigenvalue weighted by molar-refractivity contribution is -0.123. The molecule has 0 aliphatic heterocycles. The lowest BCUT2D eigenvalue weighted by Crippen LogP contribution is -2.32. The third-order valence-corrected chi connectivity index (χ3v) is 5.62. The normalized spacial score (nSPS) is 11.5. The molecule has 0 radical (unpaired) electrons. The van der Waals surface area contributed by atoms with Gasteiger partial charge in [0.25, 0.3) is 5.91 Å². The molecule has 0 aromatic heterocycles. The van der Waals surface area contributed by atoms with Gasteiger partial charge < -0.3 is 10.1 Å². The molecule has 9 heteroatoms. The number of benzene rings is 2. The zero-order chi connectivity index (χ0) is 20.7. The van der Waals surface area contributed by atoms with Crippen molar-refractivity contribution in [3.8, 4) is 5.75 Å². The highest BCUT2D eigenvalue weighted by molar-refractivity contribution is 9.10. The number of amides is 1. The second-order valence-corrected chi connectivity index (χ2v) is 9.11. The molecular weight excluding hydrogens is 451 g/mol. The third kappa shape index (κ3) is 7.21. The maximum atomic E-state index is 13.7. The molecule has 0 unspecified atom stereocenters. The summed E-state index contributed by atoms with van der Waals surface area (Å²) in [5.74, 6) is -1.22. The Kier molecular flexibility index (Phi) is 7.97. The molecule has 2 aromatic rings. The van der Waals surface area contributed by atoms with E-state index in [0.29, 0.717) is 15.6 Å². The number of hydrogen-bond donors (Lipinski definition) is 2. The van der Waals surface area contributed by atoms with Gasteiger partial charge in [-0.1, -0.05) is 40.2 Å². The predicted molar refractivity (Wildman–Crippen MR) is 109 cm³/mol. The van der Waals surface area contributed by atoms with Crippen LogP contribution in [0.5, 0.6) is 5.75 Å². The van der Waals surface area contributed by atoms with Crippen LogP contribution in [0.1, 0.15) is 25.0 Å². The molecule has 2 N–H and O–H groups in total. The summed E-state index contributed by atoms with van der Waals surface area (Å²) in [6.07, 6.45) is 0. The van der Waals surface area contributed by atoms with Crippen LogP contribution in [0.15, 0.2) is 46.9 Å². The first-order valence-corrected chi connectivity index (χ1v) is 11.0. The Hall–Kier alpha value is -1.97. The number of carbonyl (C=O) groups is 1. The van der Waals surface area contributed by atoms with Gasteiger partial charge in [-0.05, 0) is 43.2 Å². The van der Waals surface area contributed by atoms with Gasteiger partial charge in [0.2, 0.25) is 10.0 Å². The summed E-state index contributed by atoms with van der Waals surface area (Å²) in [4.78, 5) is 12.0. The van der Waals surface area contributed by atoms with Gasteiger partial charge in [-0.2, -0.15) is 0 Å². The monoisotopic (exact) mass is 472 g/mol. The lowest BCUT2D eigenvalue weighted by Gasteiger charge is -2.13. The van der Waals surface area contributed by atoms with Crippen molar-refractivity contribution in [2.24, 2.45) is 0 Å². The number of halogens is 2. The van der Waals surface area contributed by atoms with Crippen LogP contribution in [0.4, 0.5) is 4.39 Å². The van der Waals surface area contributed by atoms with Gasteiger partial charge in [-0.25, -0.2) is 17.5 Å². The van der Waals surface area contributed by atoms with Crippen LogP contribution in [0.3, 0.4) is 0 Å². The Morgan fingerprint density at radius 3 is 2.50 bits per heavy atom. The minimum Gasteiger partial charge on any atom is -0.481 e. The lowest BCUT2D eigenvalue weighted by atomic mass is 10.1. The minimum atomic E-state index is -3.48. The van der Waals surface area contributed by atoms with E-state index in [-0.39, 0.29) is 30.7 Å². The molecule has 0 bridgehead atoms. The highest BCUT2D eigenvalue weighted by Gasteiger charge is 2.16. The number of rotatable bonds is 9. The van der Waals surface area contributed by atoms with E-state index >= 15 is 0 Å². The fourth-order valence-electron chi connectivity index (χ4n) is 2.46. The Morgan fingerprint density at radius 1 is 1.18 bits per heavy atom. The van der Waals surface area contributed by atoms with E-state index in [9.17, 15) is 17.6 Å². The standard InChI is InChI=1S/C19H22BrFN2O4S/c1-13(2)23-28(25,26)12-15-6-4-3-5-14(15)10-22-19(24)11-27-18-8-7-16(20)9-17(18)21/h3-9,13,23H,10-12H2,1-2H3,(H,22,24). The second kappa shape index (κ2) is 9.99. The molecule has 0 aliphatic carbocycles. The average Bonchev–Trinajstić information content (AvgIpc) is 2.58. The third-order valence-electron chi connectivity index (χ3n) is 3.61. The highest BCUT2D eigenvalue weighted by Crippen LogP contribution is 2.21. The summed E-state index contributed by atoms with van der Waals surface area (Å²) in [6, 6.07) is 11.0. The van der Waals surface area contributed by atoms with Crippen LogP contribution in [0.2, 0.25) is 0 Å². The van der Waals surface area contributed by atoms with E-state index in [2.05, 4.69) is 26.0 Å². The summed E-state index contributed by atoms with van der Waals surface area (Å²) in [7, 11) is -3.48. The van der Waals surface area contributed by atoms with E-state index < -0.39 is 21.7 Å². The van der Waals surface area contributed by atoms with Crippen LogP contribution < -0.4 is 14.8 Å². The van der Waals surface area contributed by atoms with Crippen molar-refractivity contribution < 1.29 is 22.3 Å². The topological polar surface area (TPSA) is 84.5 Å². The SMILES string of the molecule is CC(C)NS(=O)(=O)Cc1ccccc1CNC(=O)COc1ccc(Br)cc1F. The molecule has 0 atom stereocenters. The maximum absolute atomic E-state index is 13.7. The molecule has 28 heavy (non-hydrogen) atoms. The van der Waals surface area contributed by atoms with Crippen molar-refractivity contribution in [2.45, 2.75) is 32.2 Å². The Balaban J connectivity index is 1.94. The highest BCUT2D eigenvalue weighted by atomic mass is 79.9. The number of nitrogens with one attached hydrogen (secondary N) is 2. The molecule has 0 aliphatic rings. The van der Waals surface area contributed by atoms with Gasteiger partial charge in [0.1, 0.15) is 0 Å². The van der Waals surface area contributed by atoms with Gasteiger partial charge >= 0.3 is 0 Å². The zero-order valence-electron chi connectivity index (χ0n) is 15.5. The number of carbonyl (C=O) groups excluding carboxylic acids is 1. The molecule has 1 amide bonds. The Bertz CT molecular complexity index is 935. The van der Waals surface area contributed by atoms with Crippen molar-refractivity contribution in [1.29, 1.82) is 0 Å². The molecular formula is C19H22BrFN2O4S. The van der Waals surface area contributed by atoms with Crippen LogP contribution >= 0.6 is 15.9 Å². The van der Waals surface area contributed by atoms with E-state index in [1.165, 1.54) is 12.1 Å². The predicted octanol–water partition coefficient (Wildman–Crippen LogP) is 3.11. The number of hydrogen-bond acceptors (Lipinski definition) is 4. The van der Waals surface area contributed by atoms with Gasteiger partial charge in [0.05, 0.1) is 5.75 Å². The summed E-state index contributed by atoms with van der Waals surface area (Å²) < 4.78 is 46.3. The Morgan fingerprint density at radius 2 is 1.86 bits per heavy atom. The van der Waals surface area contributed by atoms with Crippen LogP contribution in [-0.2, 0) is 27.1 Å². The van der Waals surface area contributed by atoms with Crippen molar-refractivity contribution in [2.75, 3.05) is 6.61 Å². The van der Waals surface area contributed by atoms with E-state index in [1.807, 2.05) is 0 Å². The number of sulfonamides is 1. The molecule has 0 fully saturated rings. The second-order valence-electron chi connectivity index (χ2n) is 6.44. The van der Waals surface area contributed by atoms with Gasteiger partial charge in [-0.15, -0.1) is 0 Å². The molecule has 2 rings (SSSR count). The first-order valence-electron chi connectivity index (χ1n) is 8.57. The van der Waals surface area contributed by atoms with Crippen molar-refractivity contribution in [1.82, 2.24) is 10.0 Å². The molecule has 0 spiro atoms. The summed E-state index contributed by atoms with van der Waals surface area (Å²) in [6.45, 7) is 3.28. The smallest absolute Gasteiger partial charge is 0.258 e. The van der Waals surface area contributed by atoms with Crippen molar-refractivity contribution >= 4 is 31.9 Å². The van der Waals surface area contributed by atoms with Gasteiger partial charge in [-0.3, -0.25) is 4.79 Å². The fraction of sp³-hybridized carbons (Fsp3) is 0.316. The molecule has 0 saturated carbocycles. The van der Waals surface area contributed by atoms with E-state index in [1.54, 1.807) is 44.2 Å². The zero-order valence-corrected chi connectivity index (χ0v) is 17.9. The summed E-state index contributed by atoms with van der Waals surface area (Å²) in [5, 5.41) is 2.66. The van der Waals surface area contributed by atoms with Gasteiger partial charge in [0, 0.05) is 17.1 Å². The number of ether oxygens (including phenoxy) is 1. The van der Waals surface area contributed by atoms with Crippen LogP contribution in [0.25, 0.3) is 0 Å². The average molecular weight is 473 g/mol. The fourth-order valence-corrected chi connectivity index (χ4v) is 4.28. The van der Waals surface area contributed by atoms with E-state index in [0.717, 1.165) is 0 Å². The minimum absolute atomic E-state index is 0.0235. The molecule has 152 valence electrons. The molecule has 0 saturated heterocycles. The largest absolute Gasteiger partial charge is 0.481 e. The summed E-state index contributed by atoms with van der Waals surface area (Å²) >= 11 is 3.15. The molecule has 6 nitrogen and oxygen atoms in total.